The Morgan fingerprint density at radius 1 is 0.674 bits per heavy atom. The molecule has 8 heteroatoms. The topological polar surface area (TPSA) is 52.6 Å². The monoisotopic (exact) mass is 686 g/mol. The first-order valence-corrected chi connectivity index (χ1v) is 16.4. The predicted octanol–water partition coefficient (Wildman–Crippen LogP) is 10.8. The average Bonchev–Trinajstić information content (AvgIpc) is 3.03. The first kappa shape index (κ1) is 29.3. The van der Waals surface area contributed by atoms with Crippen molar-refractivity contribution in [2.45, 2.75) is 13.3 Å². The van der Waals surface area contributed by atoms with Crippen LogP contribution < -0.4 is 20.3 Å². The Balaban J connectivity index is 0.000000155. The van der Waals surface area contributed by atoms with E-state index in [0.29, 0.717) is 33.5 Å². The molecule has 2 heterocycles. The Hall–Kier alpha value is -3.75. The minimum absolute atomic E-state index is 0.0575. The highest BCUT2D eigenvalue weighted by Gasteiger charge is 2.15. The third-order valence-corrected chi connectivity index (χ3v) is 10.1. The first-order valence-electron chi connectivity index (χ1n) is 13.6. The zero-order valence-electron chi connectivity index (χ0n) is 22.9. The number of fused-ring (bicyclic) bond motifs is 4. The fourth-order valence-corrected chi connectivity index (χ4v) is 7.96. The minimum atomic E-state index is -0.0575. The quantitative estimate of drug-likeness (QED) is 0.169. The zero-order chi connectivity index (χ0) is 29.9. The largest absolute Gasteiger partial charge is 0.492 e. The number of benzene rings is 5. The number of ether oxygens (including phenoxy) is 2. The molecule has 214 valence electrons. The van der Waals surface area contributed by atoms with E-state index >= 15 is 0 Å². The maximum atomic E-state index is 12.8. The van der Waals surface area contributed by atoms with E-state index in [4.69, 9.17) is 21.1 Å². The van der Waals surface area contributed by atoms with Gasteiger partial charge in [-0.05, 0) is 83.0 Å². The van der Waals surface area contributed by atoms with Gasteiger partial charge in [0.2, 0.25) is 0 Å². The Morgan fingerprint density at radius 3 is 1.88 bits per heavy atom. The molecule has 7 aromatic rings. The van der Waals surface area contributed by atoms with Gasteiger partial charge >= 0.3 is 0 Å². The van der Waals surface area contributed by atoms with Crippen LogP contribution in [0.4, 0.5) is 0 Å². The standard InChI is InChI=1S/C19H11ClO2S.C16H13BrO2S/c20-14-10-11-15(22-12-6-2-1-3-7-12)19-17(14)18(21)13-8-4-5-9-16(13)23-19;1-2-9-19-12-8-7-11(17)14-15(18)10-5-3-4-6-13(10)20-16(12)14/h1-11H;3-8H,2,9H2,1H3. The summed E-state index contributed by atoms with van der Waals surface area (Å²) in [6.07, 6.45) is 0.944. The summed E-state index contributed by atoms with van der Waals surface area (Å²) in [7, 11) is 0. The van der Waals surface area contributed by atoms with Gasteiger partial charge in [-0.15, -0.1) is 22.7 Å². The lowest BCUT2D eigenvalue weighted by Crippen LogP contribution is -2.03. The van der Waals surface area contributed by atoms with Crippen LogP contribution in [0.15, 0.2) is 117 Å². The van der Waals surface area contributed by atoms with Crippen LogP contribution in [0.3, 0.4) is 0 Å². The molecule has 0 N–H and O–H groups in total. The molecule has 4 nitrogen and oxygen atoms in total. The van der Waals surface area contributed by atoms with Gasteiger partial charge in [0.15, 0.2) is 10.9 Å². The highest BCUT2D eigenvalue weighted by molar-refractivity contribution is 9.10. The van der Waals surface area contributed by atoms with E-state index in [1.807, 2.05) is 97.1 Å². The fraction of sp³-hybridized carbons (Fsp3) is 0.0857. The molecule has 0 spiro atoms. The van der Waals surface area contributed by atoms with Gasteiger partial charge < -0.3 is 9.47 Å². The van der Waals surface area contributed by atoms with E-state index < -0.39 is 0 Å². The van der Waals surface area contributed by atoms with E-state index in [2.05, 4.69) is 22.9 Å². The molecular weight excluding hydrogens is 664 g/mol. The van der Waals surface area contributed by atoms with E-state index in [-0.39, 0.29) is 10.9 Å². The van der Waals surface area contributed by atoms with Gasteiger partial charge in [0.1, 0.15) is 17.2 Å². The summed E-state index contributed by atoms with van der Waals surface area (Å²) in [4.78, 5) is 25.4. The molecule has 0 bridgehead atoms. The van der Waals surface area contributed by atoms with Crippen molar-refractivity contribution in [2.75, 3.05) is 6.61 Å². The molecular formula is C35H24BrClO4S2. The third kappa shape index (κ3) is 5.91. The van der Waals surface area contributed by atoms with Crippen LogP contribution in [0, 0.1) is 0 Å². The SMILES string of the molecule is CCCOc1ccc(Br)c2c(=O)c3ccccc3sc12.O=c1c2ccccc2sc2c(Oc3ccccc3)ccc(Cl)c12. The van der Waals surface area contributed by atoms with Crippen LogP contribution in [-0.4, -0.2) is 6.61 Å². The van der Waals surface area contributed by atoms with Crippen molar-refractivity contribution in [3.63, 3.8) is 0 Å². The molecule has 43 heavy (non-hydrogen) atoms. The van der Waals surface area contributed by atoms with Gasteiger partial charge in [-0.2, -0.15) is 0 Å². The van der Waals surface area contributed by atoms with Gasteiger partial charge in [0, 0.05) is 24.6 Å². The molecule has 0 amide bonds. The van der Waals surface area contributed by atoms with E-state index in [1.54, 1.807) is 17.4 Å². The summed E-state index contributed by atoms with van der Waals surface area (Å²) in [6.45, 7) is 2.73. The van der Waals surface area contributed by atoms with Gasteiger partial charge in [0.05, 0.1) is 31.8 Å². The Kier molecular flexibility index (Phi) is 8.77. The normalized spacial score (nSPS) is 11.0. The molecule has 0 fully saturated rings. The number of hydrogen-bond donors (Lipinski definition) is 0. The third-order valence-electron chi connectivity index (χ3n) is 6.72. The molecule has 0 atom stereocenters. The van der Waals surface area contributed by atoms with Crippen LogP contribution in [0.25, 0.3) is 40.3 Å². The smallest absolute Gasteiger partial charge is 0.197 e. The van der Waals surface area contributed by atoms with Crippen molar-refractivity contribution in [1.29, 1.82) is 0 Å². The Bertz CT molecular complexity index is 2230. The van der Waals surface area contributed by atoms with Crippen LogP contribution in [0.1, 0.15) is 13.3 Å². The molecule has 7 rings (SSSR count). The molecule has 2 aromatic heterocycles. The van der Waals surface area contributed by atoms with Crippen molar-refractivity contribution >= 4 is 90.5 Å². The summed E-state index contributed by atoms with van der Waals surface area (Å²) >= 11 is 12.9. The van der Waals surface area contributed by atoms with Crippen LogP contribution in [0.5, 0.6) is 17.2 Å². The second-order valence-corrected chi connectivity index (χ2v) is 13.0. The Morgan fingerprint density at radius 2 is 1.23 bits per heavy atom. The summed E-state index contributed by atoms with van der Waals surface area (Å²) < 4.78 is 16.2. The van der Waals surface area contributed by atoms with E-state index in [9.17, 15) is 9.59 Å². The highest BCUT2D eigenvalue weighted by Crippen LogP contribution is 2.38. The molecule has 0 saturated carbocycles. The summed E-state index contributed by atoms with van der Waals surface area (Å²) in [5.41, 5.74) is 0.000958. The highest BCUT2D eigenvalue weighted by atomic mass is 79.9. The molecule has 0 saturated heterocycles. The number of hydrogen-bond acceptors (Lipinski definition) is 6. The number of halogens is 2. The summed E-state index contributed by atoms with van der Waals surface area (Å²) in [5.74, 6) is 2.16. The van der Waals surface area contributed by atoms with Gasteiger partial charge in [-0.1, -0.05) is 61.0 Å². The number of rotatable bonds is 5. The van der Waals surface area contributed by atoms with Crippen molar-refractivity contribution < 1.29 is 9.47 Å². The number of para-hydroxylation sites is 1. The van der Waals surface area contributed by atoms with Gasteiger partial charge in [0.25, 0.3) is 0 Å². The molecule has 0 aliphatic carbocycles. The van der Waals surface area contributed by atoms with Gasteiger partial charge in [-0.25, -0.2) is 0 Å². The molecule has 0 radical (unpaired) electrons. The lowest BCUT2D eigenvalue weighted by Gasteiger charge is -2.10. The van der Waals surface area contributed by atoms with Gasteiger partial charge in [-0.3, -0.25) is 9.59 Å². The molecule has 0 aliphatic heterocycles. The average molecular weight is 688 g/mol. The van der Waals surface area contributed by atoms with Crippen LogP contribution >= 0.6 is 50.2 Å². The zero-order valence-corrected chi connectivity index (χ0v) is 26.9. The van der Waals surface area contributed by atoms with E-state index in [1.165, 1.54) is 11.3 Å². The van der Waals surface area contributed by atoms with Crippen molar-refractivity contribution in [1.82, 2.24) is 0 Å². The van der Waals surface area contributed by atoms with Crippen LogP contribution in [0.2, 0.25) is 5.02 Å². The van der Waals surface area contributed by atoms with Crippen molar-refractivity contribution in [2.24, 2.45) is 0 Å². The lowest BCUT2D eigenvalue weighted by molar-refractivity contribution is 0.321. The summed E-state index contributed by atoms with van der Waals surface area (Å²) in [6, 6.07) is 32.1. The Labute approximate surface area is 268 Å². The van der Waals surface area contributed by atoms with Crippen molar-refractivity contribution in [3.05, 3.63) is 133 Å². The van der Waals surface area contributed by atoms with Crippen LogP contribution in [-0.2, 0) is 0 Å². The fourth-order valence-electron chi connectivity index (χ4n) is 4.70. The lowest BCUT2D eigenvalue weighted by atomic mass is 10.2. The maximum absolute atomic E-state index is 12.8. The second-order valence-electron chi connectivity index (χ2n) is 9.62. The first-order chi connectivity index (χ1) is 21.0. The molecule has 0 unspecified atom stereocenters. The minimum Gasteiger partial charge on any atom is -0.492 e. The second kappa shape index (κ2) is 12.9. The molecule has 0 aliphatic rings. The molecule has 5 aromatic carbocycles. The maximum Gasteiger partial charge on any atom is 0.197 e. The van der Waals surface area contributed by atoms with E-state index in [0.717, 1.165) is 46.6 Å². The predicted molar refractivity (Wildman–Crippen MR) is 186 cm³/mol. The van der Waals surface area contributed by atoms with Crippen molar-refractivity contribution in [3.8, 4) is 17.2 Å². The summed E-state index contributed by atoms with van der Waals surface area (Å²) in [5, 5.41) is 3.13.